The number of aromatic amines is 1. The average molecular weight is 494 g/mol. The van der Waals surface area contributed by atoms with E-state index in [1.165, 1.54) is 36.4 Å². The number of nitrogen functional groups attached to an aromatic ring is 1. The van der Waals surface area contributed by atoms with Gasteiger partial charge in [0, 0.05) is 17.7 Å². The van der Waals surface area contributed by atoms with Gasteiger partial charge in [0.05, 0.1) is 5.52 Å². The van der Waals surface area contributed by atoms with Gasteiger partial charge in [-0.25, -0.2) is 14.8 Å². The van der Waals surface area contributed by atoms with Crippen LogP contribution >= 0.6 is 0 Å². The quantitative estimate of drug-likeness (QED) is 0.227. The van der Waals surface area contributed by atoms with Crippen LogP contribution in [0.2, 0.25) is 0 Å². The summed E-state index contributed by atoms with van der Waals surface area (Å²) in [6, 6.07) is 6.97. The number of carbonyl (C=O) groups is 4. The van der Waals surface area contributed by atoms with E-state index >= 15 is 0 Å². The van der Waals surface area contributed by atoms with E-state index in [0.717, 1.165) is 0 Å². The van der Waals surface area contributed by atoms with E-state index in [-0.39, 0.29) is 72.4 Å². The third kappa shape index (κ3) is 6.73. The second-order valence-corrected chi connectivity index (χ2v) is 6.84. The largest absolute Gasteiger partial charge is 2.00 e. The molecule has 0 aliphatic carbocycles. The van der Waals surface area contributed by atoms with Crippen molar-refractivity contribution in [1.29, 1.82) is 0 Å². The molecule has 3 rings (SSSR count). The van der Waals surface area contributed by atoms with E-state index in [0.29, 0.717) is 5.69 Å². The number of fused-ring (bicyclic) bond motifs is 1. The standard InChI is InChI=1S/C20H18N6O7.Ca/c21-20-25-11-5-6-12(23-15(11)18(31)26-20)17(30)22-10-3-1-9(2-4-10)16(29)24-13(19(32)33)7-8-14(27)28;/h1-6,13H,7-8H2,(H,22,30)(H,24,29)(H,27,28)(H,32,33)(H3,21,25,26,31);/q;+2. The number of hydrogen-bond donors (Lipinski definition) is 6. The number of carboxylic acid groups (broad SMARTS) is 2. The van der Waals surface area contributed by atoms with Crippen LogP contribution in [0, 0.1) is 0 Å². The summed E-state index contributed by atoms with van der Waals surface area (Å²) in [5.41, 5.74) is 5.41. The van der Waals surface area contributed by atoms with Crippen molar-refractivity contribution < 1.29 is 29.4 Å². The van der Waals surface area contributed by atoms with Gasteiger partial charge in [-0.05, 0) is 42.8 Å². The number of nitrogens with zero attached hydrogens (tertiary/aromatic N) is 2. The van der Waals surface area contributed by atoms with Crippen molar-refractivity contribution in [1.82, 2.24) is 20.3 Å². The van der Waals surface area contributed by atoms with E-state index < -0.39 is 41.8 Å². The molecule has 0 fully saturated rings. The normalized spacial score (nSPS) is 11.2. The van der Waals surface area contributed by atoms with Crippen LogP contribution in [0.15, 0.2) is 41.2 Å². The molecule has 0 aliphatic rings. The fourth-order valence-electron chi connectivity index (χ4n) is 2.84. The molecule has 0 spiro atoms. The van der Waals surface area contributed by atoms with E-state index in [1.54, 1.807) is 0 Å². The van der Waals surface area contributed by atoms with Gasteiger partial charge in [0.1, 0.15) is 11.7 Å². The van der Waals surface area contributed by atoms with Gasteiger partial charge in [-0.1, -0.05) is 0 Å². The number of rotatable bonds is 8. The number of pyridine rings is 1. The summed E-state index contributed by atoms with van der Waals surface area (Å²) < 4.78 is 0. The van der Waals surface area contributed by atoms with Crippen LogP contribution in [-0.2, 0) is 9.59 Å². The number of nitrogens with two attached hydrogens (primary N) is 1. The number of carbonyl (C=O) groups excluding carboxylic acids is 2. The third-order valence-corrected chi connectivity index (χ3v) is 4.46. The van der Waals surface area contributed by atoms with Crippen molar-refractivity contribution in [3.63, 3.8) is 0 Å². The van der Waals surface area contributed by atoms with Crippen molar-refractivity contribution in [3.8, 4) is 0 Å². The van der Waals surface area contributed by atoms with Gasteiger partial charge in [-0.3, -0.25) is 24.2 Å². The summed E-state index contributed by atoms with van der Waals surface area (Å²) in [7, 11) is 0. The predicted octanol–water partition coefficient (Wildman–Crippen LogP) is -0.180. The minimum absolute atomic E-state index is 0. The zero-order valence-electron chi connectivity index (χ0n) is 17.6. The van der Waals surface area contributed by atoms with Crippen molar-refractivity contribution in [2.75, 3.05) is 11.1 Å². The van der Waals surface area contributed by atoms with Crippen LogP contribution < -0.4 is 21.9 Å². The summed E-state index contributed by atoms with van der Waals surface area (Å²) in [4.78, 5) is 68.8. The van der Waals surface area contributed by atoms with Crippen LogP contribution in [0.25, 0.3) is 11.0 Å². The molecule has 0 aliphatic heterocycles. The van der Waals surface area contributed by atoms with Crippen molar-refractivity contribution in [3.05, 3.63) is 58.0 Å². The smallest absolute Gasteiger partial charge is 0.481 e. The first-order chi connectivity index (χ1) is 15.6. The molecule has 2 amide bonds. The minimum atomic E-state index is -1.36. The van der Waals surface area contributed by atoms with E-state index in [9.17, 15) is 24.0 Å². The summed E-state index contributed by atoms with van der Waals surface area (Å²) in [5.74, 6) is -3.94. The predicted molar refractivity (Wildman–Crippen MR) is 120 cm³/mol. The maximum atomic E-state index is 12.5. The van der Waals surface area contributed by atoms with E-state index in [2.05, 4.69) is 25.6 Å². The molecular formula is C20H18CaN6O7+2. The molecule has 170 valence electrons. The Morgan fingerprint density at radius 1 is 1.00 bits per heavy atom. The number of aliphatic carboxylic acids is 2. The molecule has 0 saturated heterocycles. The van der Waals surface area contributed by atoms with Crippen LogP contribution in [0.5, 0.6) is 0 Å². The minimum Gasteiger partial charge on any atom is -0.481 e. The Hall–Kier alpha value is -3.55. The van der Waals surface area contributed by atoms with Gasteiger partial charge in [0.2, 0.25) is 5.95 Å². The molecule has 0 saturated carbocycles. The zero-order chi connectivity index (χ0) is 24.1. The second kappa shape index (κ2) is 11.5. The summed E-state index contributed by atoms with van der Waals surface area (Å²) in [6.07, 6.45) is -0.686. The summed E-state index contributed by atoms with van der Waals surface area (Å²) >= 11 is 0. The number of amides is 2. The number of hydrogen-bond acceptors (Lipinski definition) is 8. The van der Waals surface area contributed by atoms with Crippen LogP contribution in [0.1, 0.15) is 33.7 Å². The fourth-order valence-corrected chi connectivity index (χ4v) is 2.84. The molecule has 2 aromatic heterocycles. The summed E-state index contributed by atoms with van der Waals surface area (Å²) in [6.45, 7) is 0. The topological polar surface area (TPSA) is 217 Å². The van der Waals surface area contributed by atoms with Crippen LogP contribution in [0.4, 0.5) is 11.6 Å². The van der Waals surface area contributed by atoms with Gasteiger partial charge in [0.25, 0.3) is 17.4 Å². The van der Waals surface area contributed by atoms with Crippen molar-refractivity contribution >= 4 is 84.2 Å². The molecule has 34 heavy (non-hydrogen) atoms. The Morgan fingerprint density at radius 3 is 2.29 bits per heavy atom. The molecule has 0 radical (unpaired) electrons. The van der Waals surface area contributed by atoms with E-state index in [4.69, 9.17) is 15.9 Å². The van der Waals surface area contributed by atoms with Gasteiger partial charge < -0.3 is 26.6 Å². The van der Waals surface area contributed by atoms with Gasteiger partial charge in [-0.15, -0.1) is 0 Å². The first-order valence-electron chi connectivity index (χ1n) is 9.47. The molecule has 2 heterocycles. The van der Waals surface area contributed by atoms with Crippen LogP contribution in [-0.4, -0.2) is 92.7 Å². The number of nitrogens with one attached hydrogen (secondary N) is 3. The Kier molecular flexibility index (Phi) is 9.06. The SMILES string of the molecule is Nc1nc2ccc(C(=O)Nc3ccc(C(=O)NC(CCC(=O)O)C(=O)O)cc3)nc2c(=O)[nH]1.[Ca+2]. The monoisotopic (exact) mass is 494 g/mol. The molecule has 1 unspecified atom stereocenters. The fraction of sp³-hybridized carbons (Fsp3) is 0.150. The molecule has 1 aromatic carbocycles. The van der Waals surface area contributed by atoms with Gasteiger partial charge >= 0.3 is 49.7 Å². The molecule has 14 heteroatoms. The first kappa shape index (κ1) is 26.7. The first-order valence-corrected chi connectivity index (χ1v) is 9.47. The number of H-pyrrole nitrogens is 1. The Morgan fingerprint density at radius 2 is 1.68 bits per heavy atom. The molecular weight excluding hydrogens is 476 g/mol. The number of anilines is 2. The molecule has 7 N–H and O–H groups in total. The molecule has 13 nitrogen and oxygen atoms in total. The van der Waals surface area contributed by atoms with Crippen LogP contribution in [0.3, 0.4) is 0 Å². The van der Waals surface area contributed by atoms with E-state index in [1.807, 2.05) is 0 Å². The third-order valence-electron chi connectivity index (χ3n) is 4.46. The second-order valence-electron chi connectivity index (χ2n) is 6.84. The maximum Gasteiger partial charge on any atom is 2.00 e. The van der Waals surface area contributed by atoms with Crippen molar-refractivity contribution in [2.45, 2.75) is 18.9 Å². The van der Waals surface area contributed by atoms with Gasteiger partial charge in [0.15, 0.2) is 5.52 Å². The zero-order valence-corrected chi connectivity index (χ0v) is 19.8. The molecule has 1 atom stereocenters. The Labute approximate surface area is 220 Å². The number of aromatic nitrogens is 3. The van der Waals surface area contributed by atoms with Crippen molar-refractivity contribution in [2.24, 2.45) is 0 Å². The summed E-state index contributed by atoms with van der Waals surface area (Å²) in [5, 5.41) is 22.6. The number of benzene rings is 1. The maximum absolute atomic E-state index is 12.5. The number of carboxylic acids is 2. The Bertz CT molecular complexity index is 1310. The molecule has 3 aromatic rings. The average Bonchev–Trinajstić information content (AvgIpc) is 2.76. The molecule has 0 bridgehead atoms. The Balaban J connectivity index is 0.00000408. The van der Waals surface area contributed by atoms with Gasteiger partial charge in [-0.2, -0.15) is 0 Å².